The second kappa shape index (κ2) is 7.66. The molecule has 4 N–H and O–H groups in total. The topological polar surface area (TPSA) is 133 Å². The van der Waals surface area contributed by atoms with Crippen LogP contribution in [0.5, 0.6) is 0 Å². The van der Waals surface area contributed by atoms with Gasteiger partial charge in [0.25, 0.3) is 11.8 Å². The fourth-order valence-electron chi connectivity index (χ4n) is 4.55. The zero-order valence-corrected chi connectivity index (χ0v) is 16.0. The molecule has 3 heterocycles. The molecule has 0 aliphatic carbocycles. The summed E-state index contributed by atoms with van der Waals surface area (Å²) in [5, 5.41) is 11.4. The SMILES string of the molecule is N[C@@H]1CN(Cc2cccc3c2C(=O)N(C2CCC(=O)NC2=O)C3=O)C[C@H]1CCO. The average Bonchev–Trinajstić information content (AvgIpc) is 3.14. The molecule has 9 heteroatoms. The van der Waals surface area contributed by atoms with Crippen molar-refractivity contribution in [2.24, 2.45) is 11.7 Å². The van der Waals surface area contributed by atoms with Crippen LogP contribution in [0.2, 0.25) is 0 Å². The molecule has 2 saturated heterocycles. The van der Waals surface area contributed by atoms with E-state index < -0.39 is 29.7 Å². The Morgan fingerprint density at radius 3 is 2.66 bits per heavy atom. The number of nitrogens with one attached hydrogen (secondary N) is 1. The maximum atomic E-state index is 13.1. The molecule has 0 radical (unpaired) electrons. The molecule has 154 valence electrons. The predicted octanol–water partition coefficient (Wildman–Crippen LogP) is -0.771. The minimum absolute atomic E-state index is 0.0452. The molecule has 4 amide bonds. The molecule has 0 aromatic heterocycles. The van der Waals surface area contributed by atoms with Gasteiger partial charge in [0.15, 0.2) is 0 Å². The first-order valence-electron chi connectivity index (χ1n) is 9.83. The molecule has 4 rings (SSSR count). The summed E-state index contributed by atoms with van der Waals surface area (Å²) in [6.07, 6.45) is 0.856. The fourth-order valence-corrected chi connectivity index (χ4v) is 4.55. The van der Waals surface area contributed by atoms with E-state index in [9.17, 15) is 24.3 Å². The van der Waals surface area contributed by atoms with Gasteiger partial charge in [-0.05, 0) is 30.4 Å². The van der Waals surface area contributed by atoms with Gasteiger partial charge in [0.05, 0.1) is 11.1 Å². The summed E-state index contributed by atoms with van der Waals surface area (Å²) < 4.78 is 0. The van der Waals surface area contributed by atoms with E-state index in [2.05, 4.69) is 10.2 Å². The number of carbonyl (C=O) groups is 4. The Morgan fingerprint density at radius 2 is 1.93 bits per heavy atom. The van der Waals surface area contributed by atoms with Crippen LogP contribution in [-0.4, -0.2) is 70.3 Å². The molecule has 0 saturated carbocycles. The van der Waals surface area contributed by atoms with Crippen LogP contribution in [0.1, 0.15) is 45.5 Å². The summed E-state index contributed by atoms with van der Waals surface area (Å²) in [7, 11) is 0. The molecule has 29 heavy (non-hydrogen) atoms. The lowest BCUT2D eigenvalue weighted by atomic mass is 10.0. The summed E-state index contributed by atoms with van der Waals surface area (Å²) in [6, 6.07) is 4.12. The maximum Gasteiger partial charge on any atom is 0.262 e. The monoisotopic (exact) mass is 400 g/mol. The Hall–Kier alpha value is -2.62. The number of aliphatic hydroxyl groups excluding tert-OH is 1. The van der Waals surface area contributed by atoms with Crippen molar-refractivity contribution < 1.29 is 24.3 Å². The first-order valence-corrected chi connectivity index (χ1v) is 9.83. The van der Waals surface area contributed by atoms with E-state index in [0.29, 0.717) is 37.2 Å². The number of nitrogens with zero attached hydrogens (tertiary/aromatic N) is 2. The van der Waals surface area contributed by atoms with Crippen molar-refractivity contribution in [2.75, 3.05) is 19.7 Å². The van der Waals surface area contributed by atoms with Crippen molar-refractivity contribution in [3.63, 3.8) is 0 Å². The second-order valence-electron chi connectivity index (χ2n) is 7.92. The number of piperidine rings is 1. The van der Waals surface area contributed by atoms with Crippen molar-refractivity contribution >= 4 is 23.6 Å². The highest BCUT2D eigenvalue weighted by Crippen LogP contribution is 2.31. The molecular weight excluding hydrogens is 376 g/mol. The average molecular weight is 400 g/mol. The number of amides is 4. The molecule has 3 aliphatic heterocycles. The maximum absolute atomic E-state index is 13.1. The minimum Gasteiger partial charge on any atom is -0.396 e. The molecule has 9 nitrogen and oxygen atoms in total. The lowest BCUT2D eigenvalue weighted by Gasteiger charge is -2.28. The van der Waals surface area contributed by atoms with Gasteiger partial charge in [-0.2, -0.15) is 0 Å². The first-order chi connectivity index (χ1) is 13.9. The van der Waals surface area contributed by atoms with E-state index in [0.717, 1.165) is 4.90 Å². The summed E-state index contributed by atoms with van der Waals surface area (Å²) in [4.78, 5) is 52.7. The van der Waals surface area contributed by atoms with Crippen LogP contribution in [0.3, 0.4) is 0 Å². The highest BCUT2D eigenvalue weighted by atomic mass is 16.3. The third kappa shape index (κ3) is 3.45. The molecule has 0 spiro atoms. The van der Waals surface area contributed by atoms with Crippen molar-refractivity contribution in [3.8, 4) is 0 Å². The number of hydrogen-bond donors (Lipinski definition) is 3. The summed E-state index contributed by atoms with van der Waals surface area (Å²) in [6.45, 7) is 1.90. The molecule has 1 aromatic carbocycles. The minimum atomic E-state index is -0.970. The van der Waals surface area contributed by atoms with E-state index in [4.69, 9.17) is 5.73 Å². The standard InChI is InChI=1S/C20H24N4O5/c21-14-10-23(8-11(14)6-7-25)9-12-2-1-3-13-17(12)20(29)24(19(13)28)15-4-5-16(26)22-18(15)27/h1-3,11,14-15,25H,4-10,21H2,(H,22,26,27)/t11-,14-,15?/m1/s1. The zero-order valence-electron chi connectivity index (χ0n) is 16.0. The summed E-state index contributed by atoms with van der Waals surface area (Å²) in [5.41, 5.74) is 7.48. The van der Waals surface area contributed by atoms with Crippen LogP contribution in [0.25, 0.3) is 0 Å². The van der Waals surface area contributed by atoms with Crippen LogP contribution in [-0.2, 0) is 16.1 Å². The van der Waals surface area contributed by atoms with Gasteiger partial charge in [-0.15, -0.1) is 0 Å². The van der Waals surface area contributed by atoms with Crippen molar-refractivity contribution in [1.29, 1.82) is 0 Å². The normalized spacial score (nSPS) is 27.5. The van der Waals surface area contributed by atoms with E-state index in [-0.39, 0.29) is 37.0 Å². The summed E-state index contributed by atoms with van der Waals surface area (Å²) >= 11 is 0. The molecule has 2 fully saturated rings. The first kappa shape index (κ1) is 19.7. The molecule has 0 bridgehead atoms. The number of rotatable bonds is 5. The van der Waals surface area contributed by atoms with Crippen LogP contribution >= 0.6 is 0 Å². The number of likely N-dealkylation sites (tertiary alicyclic amines) is 1. The highest BCUT2D eigenvalue weighted by Gasteiger charge is 2.45. The van der Waals surface area contributed by atoms with Gasteiger partial charge in [-0.1, -0.05) is 12.1 Å². The quantitative estimate of drug-likeness (QED) is 0.553. The lowest BCUT2D eigenvalue weighted by Crippen LogP contribution is -2.54. The molecule has 1 aromatic rings. The Morgan fingerprint density at radius 1 is 1.14 bits per heavy atom. The van der Waals surface area contributed by atoms with Gasteiger partial charge in [0.1, 0.15) is 6.04 Å². The van der Waals surface area contributed by atoms with Crippen LogP contribution < -0.4 is 11.1 Å². The largest absolute Gasteiger partial charge is 0.396 e. The van der Waals surface area contributed by atoms with Crippen molar-refractivity contribution in [2.45, 2.75) is 37.9 Å². The number of hydrogen-bond acceptors (Lipinski definition) is 7. The van der Waals surface area contributed by atoms with E-state index in [1.807, 2.05) is 6.07 Å². The molecule has 1 unspecified atom stereocenters. The number of fused-ring (bicyclic) bond motifs is 1. The van der Waals surface area contributed by atoms with Crippen molar-refractivity contribution in [1.82, 2.24) is 15.1 Å². The van der Waals surface area contributed by atoms with Gasteiger partial charge in [0.2, 0.25) is 11.8 Å². The van der Waals surface area contributed by atoms with Crippen LogP contribution in [0, 0.1) is 5.92 Å². The third-order valence-corrected chi connectivity index (χ3v) is 6.02. The molecule has 3 atom stereocenters. The number of carbonyl (C=O) groups excluding carboxylic acids is 4. The Bertz CT molecular complexity index is 886. The van der Waals surface area contributed by atoms with E-state index >= 15 is 0 Å². The van der Waals surface area contributed by atoms with Crippen LogP contribution in [0.4, 0.5) is 0 Å². The van der Waals surface area contributed by atoms with Gasteiger partial charge in [0, 0.05) is 38.7 Å². The number of imide groups is 2. The van der Waals surface area contributed by atoms with Gasteiger partial charge < -0.3 is 10.8 Å². The Balaban J connectivity index is 1.57. The lowest BCUT2D eigenvalue weighted by molar-refractivity contribution is -0.136. The van der Waals surface area contributed by atoms with Gasteiger partial charge in [-0.25, -0.2) is 0 Å². The second-order valence-corrected chi connectivity index (χ2v) is 7.92. The zero-order chi connectivity index (χ0) is 20.7. The van der Waals surface area contributed by atoms with Gasteiger partial charge >= 0.3 is 0 Å². The Kier molecular flexibility index (Phi) is 5.20. The highest BCUT2D eigenvalue weighted by molar-refractivity contribution is 6.24. The Labute approximate surface area is 167 Å². The summed E-state index contributed by atoms with van der Waals surface area (Å²) in [5.74, 6) is -1.82. The van der Waals surface area contributed by atoms with E-state index in [1.165, 1.54) is 0 Å². The molecular formula is C20H24N4O5. The van der Waals surface area contributed by atoms with Crippen LogP contribution in [0.15, 0.2) is 18.2 Å². The smallest absolute Gasteiger partial charge is 0.262 e. The van der Waals surface area contributed by atoms with Gasteiger partial charge in [-0.3, -0.25) is 34.3 Å². The number of aliphatic hydroxyl groups is 1. The fraction of sp³-hybridized carbons (Fsp3) is 0.500. The van der Waals surface area contributed by atoms with E-state index in [1.54, 1.807) is 12.1 Å². The molecule has 3 aliphatic rings. The number of nitrogens with two attached hydrogens (primary N) is 1. The van der Waals surface area contributed by atoms with Crippen molar-refractivity contribution in [3.05, 3.63) is 34.9 Å². The number of benzene rings is 1. The predicted molar refractivity (Wildman–Crippen MR) is 102 cm³/mol. The third-order valence-electron chi connectivity index (χ3n) is 6.02.